The van der Waals surface area contributed by atoms with E-state index >= 15 is 0 Å². The van der Waals surface area contributed by atoms with Gasteiger partial charge in [0, 0.05) is 30.0 Å². The van der Waals surface area contributed by atoms with Gasteiger partial charge in [0.1, 0.15) is 11.9 Å². The SMILES string of the molecule is C=Cc1c(/C(=C\C)C(=O)NC(CC)C2CCN(S(C)=O)C(C(N)=O)C2)cnn1-c1ccc(F)cc1. The highest BCUT2D eigenvalue weighted by Crippen LogP contribution is 2.29. The van der Waals surface area contributed by atoms with E-state index in [4.69, 9.17) is 5.73 Å². The Morgan fingerprint density at radius 2 is 2.06 bits per heavy atom. The van der Waals surface area contributed by atoms with E-state index in [9.17, 15) is 18.2 Å². The summed E-state index contributed by atoms with van der Waals surface area (Å²) in [7, 11) is -1.30. The maximum absolute atomic E-state index is 13.4. The second-order valence-corrected chi connectivity index (χ2v) is 9.81. The van der Waals surface area contributed by atoms with Crippen LogP contribution in [0.3, 0.4) is 0 Å². The van der Waals surface area contributed by atoms with Gasteiger partial charge >= 0.3 is 0 Å². The summed E-state index contributed by atoms with van der Waals surface area (Å²) in [5, 5.41) is 7.52. The molecule has 2 amide bonds. The van der Waals surface area contributed by atoms with E-state index in [-0.39, 0.29) is 23.7 Å². The maximum atomic E-state index is 13.4. The second-order valence-electron chi connectivity index (χ2n) is 8.49. The minimum Gasteiger partial charge on any atom is -0.368 e. The molecule has 3 rings (SSSR count). The maximum Gasteiger partial charge on any atom is 0.251 e. The molecule has 2 heterocycles. The van der Waals surface area contributed by atoms with Crippen LogP contribution in [0.15, 0.2) is 43.1 Å². The Morgan fingerprint density at radius 3 is 2.60 bits per heavy atom. The summed E-state index contributed by atoms with van der Waals surface area (Å²) in [6.45, 7) is 8.09. The zero-order valence-electron chi connectivity index (χ0n) is 20.2. The average molecular weight is 502 g/mol. The van der Waals surface area contributed by atoms with Crippen molar-refractivity contribution in [2.45, 2.75) is 45.2 Å². The molecule has 4 unspecified atom stereocenters. The third-order valence-corrected chi connectivity index (χ3v) is 7.57. The van der Waals surface area contributed by atoms with Crippen LogP contribution in [0, 0.1) is 11.7 Å². The standard InChI is InChI=1S/C25H32FN5O3S/c1-5-19(20-15-28-31(22(20)7-3)18-10-8-17(26)9-11-18)25(33)29-21(6-2)16-12-13-30(35(4)34)23(14-16)24(27)32/h5,7-11,15-16,21,23H,3,6,12-14H2,1-2,4H3,(H2,27,32)(H,29,33)/b19-5+. The summed E-state index contributed by atoms with van der Waals surface area (Å²) in [6.07, 6.45) is 8.24. The predicted molar refractivity (Wildman–Crippen MR) is 136 cm³/mol. The number of halogens is 1. The first kappa shape index (κ1) is 26.5. The first-order chi connectivity index (χ1) is 16.7. The summed E-state index contributed by atoms with van der Waals surface area (Å²) >= 11 is 0. The molecule has 1 aliphatic rings. The lowest BCUT2D eigenvalue weighted by molar-refractivity contribution is -0.123. The average Bonchev–Trinajstić information content (AvgIpc) is 3.26. The third kappa shape index (κ3) is 5.76. The van der Waals surface area contributed by atoms with Crippen LogP contribution >= 0.6 is 0 Å². The monoisotopic (exact) mass is 501 g/mol. The molecule has 0 spiro atoms. The number of nitrogens with zero attached hydrogens (tertiary/aromatic N) is 3. The van der Waals surface area contributed by atoms with Crippen LogP contribution in [-0.2, 0) is 20.6 Å². The Labute approximate surface area is 207 Å². The van der Waals surface area contributed by atoms with Crippen molar-refractivity contribution in [1.82, 2.24) is 19.4 Å². The van der Waals surface area contributed by atoms with E-state index in [1.165, 1.54) is 18.4 Å². The van der Waals surface area contributed by atoms with E-state index in [1.54, 1.807) is 46.4 Å². The van der Waals surface area contributed by atoms with Gasteiger partial charge in [0.15, 0.2) is 0 Å². The van der Waals surface area contributed by atoms with Gasteiger partial charge in [-0.05, 0) is 62.4 Å². The number of nitrogens with two attached hydrogens (primary N) is 1. The molecule has 0 radical (unpaired) electrons. The normalized spacial score (nSPS) is 20.7. The van der Waals surface area contributed by atoms with Gasteiger partial charge in [0.05, 0.1) is 28.6 Å². The summed E-state index contributed by atoms with van der Waals surface area (Å²) < 4.78 is 28.6. The fourth-order valence-corrected chi connectivity index (χ4v) is 5.57. The lowest BCUT2D eigenvalue weighted by atomic mass is 9.84. The van der Waals surface area contributed by atoms with Crippen LogP contribution in [0.5, 0.6) is 0 Å². The molecular formula is C25H32FN5O3S. The zero-order valence-corrected chi connectivity index (χ0v) is 21.1. The molecule has 188 valence electrons. The van der Waals surface area contributed by atoms with Crippen molar-refractivity contribution in [3.63, 3.8) is 0 Å². The minimum absolute atomic E-state index is 0.0140. The number of benzene rings is 1. The highest BCUT2D eigenvalue weighted by atomic mass is 32.2. The molecule has 2 aromatic rings. The number of carbonyl (C=O) groups excluding carboxylic acids is 2. The number of primary amides is 1. The van der Waals surface area contributed by atoms with Gasteiger partial charge in [-0.3, -0.25) is 9.59 Å². The van der Waals surface area contributed by atoms with Crippen LogP contribution in [-0.4, -0.2) is 55.0 Å². The number of hydrogen-bond acceptors (Lipinski definition) is 4. The fraction of sp³-hybridized carbons (Fsp3) is 0.400. The van der Waals surface area contributed by atoms with Crippen molar-refractivity contribution >= 4 is 34.4 Å². The number of allylic oxidation sites excluding steroid dienone is 1. The summed E-state index contributed by atoms with van der Waals surface area (Å²) in [4.78, 5) is 25.4. The van der Waals surface area contributed by atoms with Crippen LogP contribution in [0.2, 0.25) is 0 Å². The van der Waals surface area contributed by atoms with E-state index in [0.717, 1.165) is 0 Å². The smallest absolute Gasteiger partial charge is 0.251 e. The predicted octanol–water partition coefficient (Wildman–Crippen LogP) is 2.81. The Hall–Kier alpha value is -3.11. The summed E-state index contributed by atoms with van der Waals surface area (Å²) in [5.74, 6) is -1.11. The Bertz CT molecular complexity index is 1140. The highest BCUT2D eigenvalue weighted by molar-refractivity contribution is 7.81. The van der Waals surface area contributed by atoms with Gasteiger partial charge in [-0.2, -0.15) is 5.10 Å². The van der Waals surface area contributed by atoms with Gasteiger partial charge in [-0.1, -0.05) is 19.6 Å². The number of rotatable bonds is 9. The number of hydrogen-bond donors (Lipinski definition) is 2. The number of aromatic nitrogens is 2. The van der Waals surface area contributed by atoms with E-state index in [0.29, 0.717) is 48.3 Å². The largest absolute Gasteiger partial charge is 0.368 e. The number of amides is 2. The zero-order chi connectivity index (χ0) is 25.7. The molecule has 4 atom stereocenters. The molecule has 8 nitrogen and oxygen atoms in total. The molecule has 3 N–H and O–H groups in total. The Kier molecular flexibility index (Phi) is 8.74. The lowest BCUT2D eigenvalue weighted by Crippen LogP contribution is -2.53. The fourth-order valence-electron chi connectivity index (χ4n) is 4.66. The number of carbonyl (C=O) groups is 2. The first-order valence-corrected chi connectivity index (χ1v) is 13.1. The van der Waals surface area contributed by atoms with Crippen LogP contribution in [0.25, 0.3) is 17.3 Å². The van der Waals surface area contributed by atoms with Gasteiger partial charge in [-0.25, -0.2) is 17.6 Å². The van der Waals surface area contributed by atoms with Crippen molar-refractivity contribution in [2.24, 2.45) is 11.7 Å². The molecule has 35 heavy (non-hydrogen) atoms. The van der Waals surface area contributed by atoms with Crippen molar-refractivity contribution in [3.8, 4) is 5.69 Å². The Balaban J connectivity index is 1.82. The first-order valence-electron chi connectivity index (χ1n) is 11.5. The van der Waals surface area contributed by atoms with Crippen molar-refractivity contribution in [3.05, 3.63) is 60.2 Å². The third-order valence-electron chi connectivity index (χ3n) is 6.47. The summed E-state index contributed by atoms with van der Waals surface area (Å²) in [6, 6.07) is 5.08. The molecule has 1 aliphatic heterocycles. The van der Waals surface area contributed by atoms with Crippen molar-refractivity contribution < 1.29 is 18.2 Å². The van der Waals surface area contributed by atoms with E-state index < -0.39 is 22.9 Å². The van der Waals surface area contributed by atoms with Gasteiger partial charge in [0.25, 0.3) is 5.91 Å². The molecule has 1 aromatic heterocycles. The summed E-state index contributed by atoms with van der Waals surface area (Å²) in [5.41, 5.74) is 7.88. The Morgan fingerprint density at radius 1 is 1.37 bits per heavy atom. The lowest BCUT2D eigenvalue weighted by Gasteiger charge is -2.39. The highest BCUT2D eigenvalue weighted by Gasteiger charge is 2.37. The van der Waals surface area contributed by atoms with Crippen molar-refractivity contribution in [2.75, 3.05) is 12.8 Å². The van der Waals surface area contributed by atoms with Gasteiger partial charge in [-0.15, -0.1) is 0 Å². The molecular weight excluding hydrogens is 469 g/mol. The molecule has 10 heteroatoms. The number of nitrogens with one attached hydrogen (secondary N) is 1. The molecule has 0 bridgehead atoms. The van der Waals surface area contributed by atoms with E-state index in [2.05, 4.69) is 17.0 Å². The van der Waals surface area contributed by atoms with Gasteiger partial charge < -0.3 is 11.1 Å². The molecule has 0 saturated carbocycles. The molecule has 1 saturated heterocycles. The minimum atomic E-state index is -1.30. The van der Waals surface area contributed by atoms with Crippen LogP contribution in [0.4, 0.5) is 4.39 Å². The quantitative estimate of drug-likeness (QED) is 0.515. The van der Waals surface area contributed by atoms with E-state index in [1.807, 2.05) is 6.92 Å². The topological polar surface area (TPSA) is 110 Å². The van der Waals surface area contributed by atoms with Crippen molar-refractivity contribution in [1.29, 1.82) is 0 Å². The van der Waals surface area contributed by atoms with Crippen LogP contribution < -0.4 is 11.1 Å². The van der Waals surface area contributed by atoms with Gasteiger partial charge in [0.2, 0.25) is 5.91 Å². The molecule has 0 aliphatic carbocycles. The number of piperidine rings is 1. The van der Waals surface area contributed by atoms with Crippen LogP contribution in [0.1, 0.15) is 44.4 Å². The molecule has 1 aromatic carbocycles. The second kappa shape index (κ2) is 11.5. The molecule has 1 fully saturated rings.